The molecule has 104 valence electrons. The lowest BCUT2D eigenvalue weighted by atomic mass is 10.1. The second kappa shape index (κ2) is 5.21. The first-order chi connectivity index (χ1) is 8.85. The number of fused-ring (bicyclic) bond motifs is 1. The third-order valence-corrected chi connectivity index (χ3v) is 3.76. The molecule has 0 saturated carbocycles. The highest BCUT2D eigenvalue weighted by Crippen LogP contribution is 2.25. The van der Waals surface area contributed by atoms with Gasteiger partial charge < -0.3 is 15.8 Å². The minimum atomic E-state index is -0.476. The molecule has 2 heterocycles. The average Bonchev–Trinajstić information content (AvgIpc) is 2.68. The number of hydrogen-bond donors (Lipinski definition) is 2. The van der Waals surface area contributed by atoms with Crippen molar-refractivity contribution in [1.82, 2.24) is 5.32 Å². The summed E-state index contributed by atoms with van der Waals surface area (Å²) < 4.78 is 5.19. The zero-order valence-corrected chi connectivity index (χ0v) is 12.3. The zero-order chi connectivity index (χ0) is 14.0. The normalized spacial score (nSPS) is 14.6. The van der Waals surface area contributed by atoms with E-state index in [2.05, 4.69) is 10.3 Å². The molecule has 0 aromatic carbocycles. The van der Waals surface area contributed by atoms with Crippen LogP contribution in [0.25, 0.3) is 0 Å². The lowest BCUT2D eigenvalue weighted by Crippen LogP contribution is -2.31. The largest absolute Gasteiger partial charge is 0.444 e. The summed E-state index contributed by atoms with van der Waals surface area (Å²) in [6.07, 6.45) is 0.521. The van der Waals surface area contributed by atoms with Crippen LogP contribution in [0.2, 0.25) is 0 Å². The molecule has 1 aromatic rings. The number of alkyl carbamates (subject to hydrolysis) is 1. The molecule has 1 aromatic heterocycles. The monoisotopic (exact) mass is 281 g/mol. The molecular formula is C13H19N3O2S. The number of nitrogens with two attached hydrogens (primary N) is 1. The fourth-order valence-electron chi connectivity index (χ4n) is 1.81. The summed E-state index contributed by atoms with van der Waals surface area (Å²) in [4.78, 5) is 18.1. The Balaban J connectivity index is 1.94. The Bertz CT molecular complexity index is 514. The summed E-state index contributed by atoms with van der Waals surface area (Å²) in [7, 11) is 0. The smallest absolute Gasteiger partial charge is 0.407 e. The van der Waals surface area contributed by atoms with Gasteiger partial charge in [-0.15, -0.1) is 11.3 Å². The van der Waals surface area contributed by atoms with Crippen LogP contribution in [0.5, 0.6) is 0 Å². The molecule has 0 atom stereocenters. The highest BCUT2D eigenvalue weighted by atomic mass is 32.1. The molecule has 0 radical (unpaired) electrons. The molecule has 1 amide bonds. The van der Waals surface area contributed by atoms with Crippen LogP contribution in [0.1, 0.15) is 36.1 Å². The maximum absolute atomic E-state index is 11.6. The fourth-order valence-corrected chi connectivity index (χ4v) is 2.91. The van der Waals surface area contributed by atoms with Gasteiger partial charge in [0, 0.05) is 28.3 Å². The molecule has 0 aliphatic carbocycles. The zero-order valence-electron chi connectivity index (χ0n) is 11.4. The first-order valence-corrected chi connectivity index (χ1v) is 7.05. The van der Waals surface area contributed by atoms with Gasteiger partial charge in [-0.2, -0.15) is 0 Å². The van der Waals surface area contributed by atoms with Crippen molar-refractivity contribution in [3.8, 4) is 0 Å². The van der Waals surface area contributed by atoms with E-state index < -0.39 is 11.7 Å². The highest BCUT2D eigenvalue weighted by Gasteiger charge is 2.18. The van der Waals surface area contributed by atoms with Crippen LogP contribution in [-0.2, 0) is 17.7 Å². The Kier molecular flexibility index (Phi) is 3.80. The van der Waals surface area contributed by atoms with E-state index in [9.17, 15) is 4.79 Å². The molecule has 0 bridgehead atoms. The van der Waals surface area contributed by atoms with Crippen LogP contribution in [0, 0.1) is 0 Å². The maximum atomic E-state index is 11.6. The Morgan fingerprint density at radius 2 is 2.32 bits per heavy atom. The number of thiophene rings is 1. The van der Waals surface area contributed by atoms with Crippen molar-refractivity contribution < 1.29 is 9.53 Å². The number of nitrogens with zero attached hydrogens (tertiary/aromatic N) is 1. The van der Waals surface area contributed by atoms with Gasteiger partial charge in [-0.1, -0.05) is 0 Å². The summed E-state index contributed by atoms with van der Waals surface area (Å²) in [5.74, 6) is 0.598. The number of nitrogens with one attached hydrogen (secondary N) is 1. The van der Waals surface area contributed by atoms with Gasteiger partial charge in [0.15, 0.2) is 0 Å². The first kappa shape index (κ1) is 13.9. The molecule has 3 N–H and O–H groups in total. The van der Waals surface area contributed by atoms with Gasteiger partial charge in [-0.3, -0.25) is 4.99 Å². The van der Waals surface area contributed by atoms with Gasteiger partial charge in [0.2, 0.25) is 0 Å². The average molecular weight is 281 g/mol. The van der Waals surface area contributed by atoms with E-state index >= 15 is 0 Å². The van der Waals surface area contributed by atoms with Crippen molar-refractivity contribution in [2.24, 2.45) is 10.7 Å². The first-order valence-electron chi connectivity index (χ1n) is 6.24. The molecule has 5 nitrogen and oxygen atoms in total. The highest BCUT2D eigenvalue weighted by molar-refractivity contribution is 7.12. The van der Waals surface area contributed by atoms with E-state index in [-0.39, 0.29) is 0 Å². The van der Waals surface area contributed by atoms with Gasteiger partial charge in [0.1, 0.15) is 11.4 Å². The van der Waals surface area contributed by atoms with Gasteiger partial charge in [-0.05, 0) is 26.8 Å². The van der Waals surface area contributed by atoms with E-state index in [1.165, 1.54) is 4.88 Å². The molecule has 1 aliphatic rings. The summed E-state index contributed by atoms with van der Waals surface area (Å²) >= 11 is 1.67. The minimum Gasteiger partial charge on any atom is -0.444 e. The van der Waals surface area contributed by atoms with Gasteiger partial charge in [0.05, 0.1) is 6.54 Å². The van der Waals surface area contributed by atoms with Gasteiger partial charge >= 0.3 is 6.09 Å². The number of carbonyl (C=O) groups excluding carboxylic acids is 1. The summed E-state index contributed by atoms with van der Waals surface area (Å²) in [6.45, 7) is 6.73. The number of amides is 1. The Morgan fingerprint density at radius 1 is 1.58 bits per heavy atom. The van der Waals surface area contributed by atoms with E-state index in [1.54, 1.807) is 11.3 Å². The molecular weight excluding hydrogens is 262 g/mol. The van der Waals surface area contributed by atoms with Crippen molar-refractivity contribution in [1.29, 1.82) is 0 Å². The van der Waals surface area contributed by atoms with Gasteiger partial charge in [-0.25, -0.2) is 4.79 Å². The standard InChI is InChI=1S/C13H19N3O2S/c1-13(2,3)18-12(17)16-7-8-6-9-10(19-8)4-5-15-11(9)14/h6H,4-5,7H2,1-3H3,(H2,14,15)(H,16,17). The Morgan fingerprint density at radius 3 is 2.95 bits per heavy atom. The molecule has 0 saturated heterocycles. The van der Waals surface area contributed by atoms with Crippen molar-refractivity contribution in [2.75, 3.05) is 6.54 Å². The predicted molar refractivity (Wildman–Crippen MR) is 76.7 cm³/mol. The van der Waals surface area contributed by atoms with Crippen LogP contribution >= 0.6 is 11.3 Å². The fraction of sp³-hybridized carbons (Fsp3) is 0.538. The van der Waals surface area contributed by atoms with Crippen LogP contribution in [-0.4, -0.2) is 24.1 Å². The van der Waals surface area contributed by atoms with Crippen LogP contribution < -0.4 is 11.1 Å². The predicted octanol–water partition coefficient (Wildman–Crippen LogP) is 2.03. The minimum absolute atomic E-state index is 0.402. The molecule has 6 heteroatoms. The van der Waals surface area contributed by atoms with E-state index in [0.717, 1.165) is 23.4 Å². The molecule has 2 rings (SSSR count). The van der Waals surface area contributed by atoms with Gasteiger partial charge in [0.25, 0.3) is 0 Å². The third-order valence-electron chi connectivity index (χ3n) is 2.56. The number of hydrogen-bond acceptors (Lipinski definition) is 5. The van der Waals surface area contributed by atoms with E-state index in [1.807, 2.05) is 26.8 Å². The van der Waals surface area contributed by atoms with E-state index in [4.69, 9.17) is 10.5 Å². The summed E-state index contributed by atoms with van der Waals surface area (Å²) in [5.41, 5.74) is 6.38. The molecule has 0 spiro atoms. The molecule has 0 unspecified atom stereocenters. The topological polar surface area (TPSA) is 76.7 Å². The lowest BCUT2D eigenvalue weighted by Gasteiger charge is -2.19. The second-order valence-corrected chi connectivity index (χ2v) is 6.64. The van der Waals surface area contributed by atoms with Crippen molar-refractivity contribution in [3.63, 3.8) is 0 Å². The number of carbonyl (C=O) groups is 1. The number of ether oxygens (including phenoxy) is 1. The lowest BCUT2D eigenvalue weighted by molar-refractivity contribution is 0.0524. The summed E-state index contributed by atoms with van der Waals surface area (Å²) in [5, 5.41) is 2.75. The quantitative estimate of drug-likeness (QED) is 0.871. The maximum Gasteiger partial charge on any atom is 0.407 e. The van der Waals surface area contributed by atoms with Crippen LogP contribution in [0.3, 0.4) is 0 Å². The molecule has 19 heavy (non-hydrogen) atoms. The van der Waals surface area contributed by atoms with Crippen molar-refractivity contribution in [2.45, 2.75) is 39.3 Å². The number of rotatable bonds is 2. The summed E-state index contributed by atoms with van der Waals surface area (Å²) in [6, 6.07) is 2.00. The van der Waals surface area contributed by atoms with Crippen molar-refractivity contribution in [3.05, 3.63) is 21.4 Å². The second-order valence-electron chi connectivity index (χ2n) is 5.42. The van der Waals surface area contributed by atoms with Crippen molar-refractivity contribution >= 4 is 23.3 Å². The van der Waals surface area contributed by atoms with Crippen LogP contribution in [0.4, 0.5) is 4.79 Å². The Hall–Kier alpha value is -1.56. The molecule has 0 fully saturated rings. The molecule has 1 aliphatic heterocycles. The third kappa shape index (κ3) is 3.70. The number of aliphatic imine (C=N–C) groups is 1. The Labute approximate surface area is 116 Å². The number of amidine groups is 1. The van der Waals surface area contributed by atoms with E-state index in [0.29, 0.717) is 12.4 Å². The van der Waals surface area contributed by atoms with Crippen LogP contribution in [0.15, 0.2) is 11.1 Å². The SMILES string of the molecule is CC(C)(C)OC(=O)NCc1cc2c(s1)CCN=C2N.